The number of piperidine rings is 1. The van der Waals surface area contributed by atoms with E-state index in [2.05, 4.69) is 35.3 Å². The van der Waals surface area contributed by atoms with Gasteiger partial charge in [0.05, 0.1) is 0 Å². The Morgan fingerprint density at radius 3 is 2.69 bits per heavy atom. The van der Waals surface area contributed by atoms with Gasteiger partial charge in [0.25, 0.3) is 5.91 Å². The molecule has 3 aromatic rings. The number of anilines is 2. The van der Waals surface area contributed by atoms with Gasteiger partial charge in [0.15, 0.2) is 11.9 Å². The van der Waals surface area contributed by atoms with Crippen LogP contribution in [0.3, 0.4) is 0 Å². The van der Waals surface area contributed by atoms with Crippen LogP contribution in [0.4, 0.5) is 24.1 Å². The summed E-state index contributed by atoms with van der Waals surface area (Å²) in [6.07, 6.45) is -1.65. The summed E-state index contributed by atoms with van der Waals surface area (Å²) in [4.78, 5) is 14.9. The average Bonchev–Trinajstić information content (AvgIpc) is 3.26. The van der Waals surface area contributed by atoms with Crippen molar-refractivity contribution < 1.29 is 27.4 Å². The van der Waals surface area contributed by atoms with Crippen molar-refractivity contribution in [1.29, 1.82) is 0 Å². The van der Waals surface area contributed by atoms with Crippen LogP contribution in [0.2, 0.25) is 0 Å². The van der Waals surface area contributed by atoms with Gasteiger partial charge in [0.2, 0.25) is 5.13 Å². The topological polar surface area (TPSA) is 102 Å². The summed E-state index contributed by atoms with van der Waals surface area (Å²) in [6, 6.07) is 8.91. The summed E-state index contributed by atoms with van der Waals surface area (Å²) in [5.74, 6) is 0.294. The van der Waals surface area contributed by atoms with Crippen LogP contribution in [-0.2, 0) is 16.0 Å². The molecule has 35 heavy (non-hydrogen) atoms. The Balaban J connectivity index is 1.32. The van der Waals surface area contributed by atoms with E-state index in [1.807, 2.05) is 12.1 Å². The van der Waals surface area contributed by atoms with Crippen molar-refractivity contribution in [2.75, 3.05) is 30.4 Å². The number of nitrogens with zero attached hydrogens (tertiary/aromatic N) is 5. The van der Waals surface area contributed by atoms with Crippen LogP contribution in [0.25, 0.3) is 0 Å². The molecule has 0 bridgehead atoms. The van der Waals surface area contributed by atoms with E-state index in [9.17, 15) is 18.0 Å². The lowest BCUT2D eigenvalue weighted by molar-refractivity contribution is -0.274. The predicted molar refractivity (Wildman–Crippen MR) is 122 cm³/mol. The fourth-order valence-corrected chi connectivity index (χ4v) is 4.76. The molecule has 1 atom stereocenters. The number of carbonyl (C=O) groups excluding carboxylic acids is 1. The minimum absolute atomic E-state index is 0.214. The monoisotopic (exact) mass is 508 g/mol. The Hall–Kier alpha value is -3.32. The number of benzene rings is 1. The highest BCUT2D eigenvalue weighted by Crippen LogP contribution is 2.29. The molecule has 0 saturated carbocycles. The number of carbonyl (C=O) groups is 1. The second-order valence-electron chi connectivity index (χ2n) is 7.94. The number of rotatable bonds is 8. The summed E-state index contributed by atoms with van der Waals surface area (Å²) in [7, 11) is 1.29. The van der Waals surface area contributed by atoms with Crippen molar-refractivity contribution in [3.05, 3.63) is 53.2 Å². The molecule has 4 rings (SSSR count). The number of alkyl halides is 3. The molecule has 13 heteroatoms. The molecule has 9 nitrogen and oxygen atoms in total. The second-order valence-corrected chi connectivity index (χ2v) is 9.00. The maximum Gasteiger partial charge on any atom is 0.573 e. The highest BCUT2D eigenvalue weighted by molar-refractivity contribution is 7.15. The Kier molecular flexibility index (Phi) is 7.76. The molecule has 1 fully saturated rings. The van der Waals surface area contributed by atoms with Gasteiger partial charge in [-0.05, 0) is 48.6 Å². The molecular formula is C22H23F3N6O3S. The van der Waals surface area contributed by atoms with E-state index in [4.69, 9.17) is 4.74 Å². The van der Waals surface area contributed by atoms with Crippen LogP contribution in [0.5, 0.6) is 5.75 Å². The van der Waals surface area contributed by atoms with E-state index in [1.54, 1.807) is 6.20 Å². The van der Waals surface area contributed by atoms with Gasteiger partial charge in [-0.15, -0.1) is 28.5 Å². The third-order valence-corrected chi connectivity index (χ3v) is 6.39. The summed E-state index contributed by atoms with van der Waals surface area (Å²) >= 11 is 1.27. The van der Waals surface area contributed by atoms with Crippen molar-refractivity contribution in [3.8, 4) is 5.75 Å². The first-order chi connectivity index (χ1) is 16.8. The van der Waals surface area contributed by atoms with Crippen LogP contribution < -0.4 is 15.0 Å². The molecule has 0 radical (unpaired) electrons. The Labute approximate surface area is 203 Å². The molecule has 1 aromatic carbocycles. The molecule has 1 saturated heterocycles. The number of hydrogen-bond acceptors (Lipinski definition) is 9. The first kappa shape index (κ1) is 24.8. The normalized spacial score (nSPS) is 15.6. The lowest BCUT2D eigenvalue weighted by atomic mass is 9.94. The number of ether oxygens (including phenoxy) is 2. The zero-order valence-electron chi connectivity index (χ0n) is 18.7. The van der Waals surface area contributed by atoms with E-state index in [0.717, 1.165) is 55.3 Å². The maximum absolute atomic E-state index is 12.7. The predicted octanol–water partition coefficient (Wildman–Crippen LogP) is 4.01. The minimum atomic E-state index is -4.83. The zero-order valence-corrected chi connectivity index (χ0v) is 19.6. The molecule has 1 aliphatic rings. The van der Waals surface area contributed by atoms with Gasteiger partial charge in [-0.1, -0.05) is 23.5 Å². The second kappa shape index (κ2) is 11.0. The average molecular weight is 509 g/mol. The SMILES string of the molecule is COC(C(=O)Nc1nnc(CC2CCN(c3cccnn3)CC2)s1)c1cccc(OC(F)(F)F)c1. The van der Waals surface area contributed by atoms with E-state index in [0.29, 0.717) is 11.0 Å². The largest absolute Gasteiger partial charge is 0.573 e. The molecule has 186 valence electrons. The number of aromatic nitrogens is 4. The minimum Gasteiger partial charge on any atom is -0.406 e. The van der Waals surface area contributed by atoms with Crippen molar-refractivity contribution in [2.45, 2.75) is 31.7 Å². The molecular weight excluding hydrogens is 485 g/mol. The van der Waals surface area contributed by atoms with Crippen LogP contribution in [0.15, 0.2) is 42.6 Å². The third kappa shape index (κ3) is 6.85. The van der Waals surface area contributed by atoms with Crippen LogP contribution in [0, 0.1) is 5.92 Å². The third-order valence-electron chi connectivity index (χ3n) is 5.53. The quantitative estimate of drug-likeness (QED) is 0.487. The Bertz CT molecular complexity index is 1120. The van der Waals surface area contributed by atoms with E-state index < -0.39 is 24.1 Å². The fraction of sp³-hybridized carbons (Fsp3) is 0.409. The molecule has 0 aliphatic carbocycles. The van der Waals surface area contributed by atoms with Crippen molar-refractivity contribution in [3.63, 3.8) is 0 Å². The molecule has 1 amide bonds. The number of amides is 1. The number of methoxy groups -OCH3 is 1. The number of nitrogens with one attached hydrogen (secondary N) is 1. The van der Waals surface area contributed by atoms with Gasteiger partial charge >= 0.3 is 6.36 Å². The van der Waals surface area contributed by atoms with Gasteiger partial charge in [-0.25, -0.2) is 0 Å². The van der Waals surface area contributed by atoms with E-state index >= 15 is 0 Å². The van der Waals surface area contributed by atoms with E-state index in [1.165, 1.54) is 30.6 Å². The van der Waals surface area contributed by atoms with Crippen molar-refractivity contribution in [1.82, 2.24) is 20.4 Å². The van der Waals surface area contributed by atoms with Crippen molar-refractivity contribution >= 4 is 28.2 Å². The molecule has 2 aromatic heterocycles. The maximum atomic E-state index is 12.7. The lowest BCUT2D eigenvalue weighted by Crippen LogP contribution is -2.34. The van der Waals surface area contributed by atoms with Crippen molar-refractivity contribution in [2.24, 2.45) is 5.92 Å². The standard InChI is InChI=1S/C22H23F3N6O3S/c1-33-19(15-4-2-5-16(13-15)34-22(23,24)25)20(32)27-21-30-29-18(35-21)12-14-7-10-31(11-8-14)17-6-3-9-26-28-17/h2-6,9,13-14,19H,7-8,10-12H2,1H3,(H,27,30,32). The molecule has 3 heterocycles. The van der Waals surface area contributed by atoms with Gasteiger partial charge < -0.3 is 14.4 Å². The molecule has 1 N–H and O–H groups in total. The molecule has 0 spiro atoms. The Morgan fingerprint density at radius 2 is 2.00 bits per heavy atom. The smallest absolute Gasteiger partial charge is 0.406 e. The molecule has 1 aliphatic heterocycles. The van der Waals surface area contributed by atoms with Crippen LogP contribution >= 0.6 is 11.3 Å². The highest BCUT2D eigenvalue weighted by Gasteiger charge is 2.32. The van der Waals surface area contributed by atoms with Crippen LogP contribution in [0.1, 0.15) is 29.5 Å². The van der Waals surface area contributed by atoms with Gasteiger partial charge in [0.1, 0.15) is 10.8 Å². The summed E-state index contributed by atoms with van der Waals surface area (Å²) in [5, 5.41) is 20.0. The van der Waals surface area contributed by atoms with Gasteiger partial charge in [-0.2, -0.15) is 5.10 Å². The summed E-state index contributed by atoms with van der Waals surface area (Å²) < 4.78 is 46.7. The first-order valence-corrected chi connectivity index (χ1v) is 11.7. The summed E-state index contributed by atoms with van der Waals surface area (Å²) in [5.41, 5.74) is 0.214. The van der Waals surface area contributed by atoms with E-state index in [-0.39, 0.29) is 5.56 Å². The first-order valence-electron chi connectivity index (χ1n) is 10.8. The fourth-order valence-electron chi connectivity index (χ4n) is 3.90. The number of halogens is 3. The Morgan fingerprint density at radius 1 is 1.20 bits per heavy atom. The lowest BCUT2D eigenvalue weighted by Gasteiger charge is -2.32. The molecule has 1 unspecified atom stereocenters. The van der Waals surface area contributed by atoms with Gasteiger partial charge in [0, 0.05) is 32.8 Å². The van der Waals surface area contributed by atoms with Crippen LogP contribution in [-0.4, -0.2) is 52.9 Å². The highest BCUT2D eigenvalue weighted by atomic mass is 32.1. The number of hydrogen-bond donors (Lipinski definition) is 1. The zero-order chi connectivity index (χ0) is 24.8. The summed E-state index contributed by atoms with van der Waals surface area (Å²) in [6.45, 7) is 1.75. The van der Waals surface area contributed by atoms with Gasteiger partial charge in [-0.3, -0.25) is 10.1 Å².